The number of cyclic esters (lactones) is 1. The lowest BCUT2D eigenvalue weighted by Gasteiger charge is -2.22. The average molecular weight is 277 g/mol. The third kappa shape index (κ3) is 2.03. The summed E-state index contributed by atoms with van der Waals surface area (Å²) in [4.78, 5) is 28.6. The molecule has 1 aromatic rings. The molecule has 1 aromatic carbocycles. The van der Waals surface area contributed by atoms with Crippen LogP contribution in [0.1, 0.15) is 19.4 Å². The lowest BCUT2D eigenvalue weighted by molar-refractivity contribution is -0.158. The molecule has 1 heterocycles. The van der Waals surface area contributed by atoms with Crippen molar-refractivity contribution < 1.29 is 23.8 Å². The van der Waals surface area contributed by atoms with Gasteiger partial charge in [-0.1, -0.05) is 18.2 Å². The van der Waals surface area contributed by atoms with Crippen molar-refractivity contribution in [2.45, 2.75) is 19.4 Å². The van der Waals surface area contributed by atoms with Crippen LogP contribution in [0.3, 0.4) is 0 Å². The molecule has 0 saturated carbocycles. The van der Waals surface area contributed by atoms with E-state index < -0.39 is 17.5 Å². The third-order valence-electron chi connectivity index (χ3n) is 2.93. The number of carbonyl (C=O) groups excluding carboxylic acids is 2. The predicted molar refractivity (Wildman–Crippen MR) is 70.5 cm³/mol. The zero-order chi connectivity index (χ0) is 14.8. The van der Waals surface area contributed by atoms with E-state index in [1.165, 1.54) is 14.0 Å². The first-order valence-electron chi connectivity index (χ1n) is 6.15. The summed E-state index contributed by atoms with van der Waals surface area (Å²) in [7, 11) is 1.45. The molecule has 0 aromatic heterocycles. The van der Waals surface area contributed by atoms with Crippen LogP contribution in [0, 0.1) is 0 Å². The smallest absolute Gasteiger partial charge is 0.357 e. The van der Waals surface area contributed by atoms with Gasteiger partial charge in [-0.05, 0) is 13.0 Å². The molecular formula is C14H15NO5. The number of benzene rings is 1. The van der Waals surface area contributed by atoms with E-state index in [0.717, 1.165) is 0 Å². The van der Waals surface area contributed by atoms with E-state index in [1.807, 2.05) is 0 Å². The molecule has 6 heteroatoms. The van der Waals surface area contributed by atoms with Crippen LogP contribution in [0.15, 0.2) is 29.3 Å². The van der Waals surface area contributed by atoms with Gasteiger partial charge in [-0.25, -0.2) is 14.6 Å². The minimum Gasteiger partial charge on any atom is -0.496 e. The molecule has 1 atom stereocenters. The maximum atomic E-state index is 12.3. The van der Waals surface area contributed by atoms with Gasteiger partial charge < -0.3 is 14.2 Å². The Morgan fingerprint density at radius 3 is 2.65 bits per heavy atom. The second-order valence-electron chi connectivity index (χ2n) is 4.15. The quantitative estimate of drug-likeness (QED) is 0.614. The molecule has 0 spiro atoms. The molecule has 1 aliphatic heterocycles. The second kappa shape index (κ2) is 5.32. The first kappa shape index (κ1) is 14.0. The first-order chi connectivity index (χ1) is 9.56. The zero-order valence-corrected chi connectivity index (χ0v) is 11.5. The molecule has 1 aliphatic rings. The number of para-hydroxylation sites is 1. The summed E-state index contributed by atoms with van der Waals surface area (Å²) in [6.45, 7) is 3.30. The zero-order valence-electron chi connectivity index (χ0n) is 11.5. The van der Waals surface area contributed by atoms with E-state index in [9.17, 15) is 9.59 Å². The average Bonchev–Trinajstić information content (AvgIpc) is 2.74. The minimum atomic E-state index is -1.84. The highest BCUT2D eigenvalue weighted by Gasteiger charge is 2.56. The van der Waals surface area contributed by atoms with Gasteiger partial charge in [0, 0.05) is 12.5 Å². The van der Waals surface area contributed by atoms with Crippen molar-refractivity contribution in [3.63, 3.8) is 0 Å². The van der Waals surface area contributed by atoms with Crippen LogP contribution >= 0.6 is 0 Å². The second-order valence-corrected chi connectivity index (χ2v) is 4.15. The molecule has 6 nitrogen and oxygen atoms in total. The van der Waals surface area contributed by atoms with Crippen LogP contribution in [0.25, 0.3) is 0 Å². The Bertz CT molecular complexity index is 581. The summed E-state index contributed by atoms with van der Waals surface area (Å²) in [6.07, 6.45) is 0. The number of esters is 2. The van der Waals surface area contributed by atoms with Crippen molar-refractivity contribution in [1.82, 2.24) is 0 Å². The van der Waals surface area contributed by atoms with Crippen LogP contribution in [0.5, 0.6) is 5.75 Å². The van der Waals surface area contributed by atoms with Gasteiger partial charge in [0.1, 0.15) is 5.75 Å². The maximum Gasteiger partial charge on any atom is 0.357 e. The highest BCUT2D eigenvalue weighted by Crippen LogP contribution is 2.38. The Hall–Kier alpha value is -2.37. The van der Waals surface area contributed by atoms with Crippen LogP contribution in [0.2, 0.25) is 0 Å². The predicted octanol–water partition coefficient (Wildman–Crippen LogP) is 1.43. The van der Waals surface area contributed by atoms with Gasteiger partial charge in [0.25, 0.3) is 5.54 Å². The van der Waals surface area contributed by atoms with E-state index in [4.69, 9.17) is 14.2 Å². The van der Waals surface area contributed by atoms with E-state index >= 15 is 0 Å². The van der Waals surface area contributed by atoms with Crippen molar-refractivity contribution in [3.8, 4) is 5.75 Å². The largest absolute Gasteiger partial charge is 0.496 e. The lowest BCUT2D eigenvalue weighted by atomic mass is 9.90. The van der Waals surface area contributed by atoms with Crippen LogP contribution in [-0.4, -0.2) is 31.6 Å². The fourth-order valence-corrected chi connectivity index (χ4v) is 2.10. The number of carbonyl (C=O) groups is 2. The number of hydrogen-bond donors (Lipinski definition) is 0. The highest BCUT2D eigenvalue weighted by molar-refractivity contribution is 6.14. The van der Waals surface area contributed by atoms with E-state index in [2.05, 4.69) is 4.99 Å². The highest BCUT2D eigenvalue weighted by atomic mass is 16.6. The van der Waals surface area contributed by atoms with Gasteiger partial charge >= 0.3 is 11.9 Å². The van der Waals surface area contributed by atoms with Crippen LogP contribution in [0.4, 0.5) is 0 Å². The first-order valence-corrected chi connectivity index (χ1v) is 6.15. The fourth-order valence-electron chi connectivity index (χ4n) is 2.10. The molecule has 2 rings (SSSR count). The molecule has 0 N–H and O–H groups in total. The molecule has 1 unspecified atom stereocenters. The number of rotatable bonds is 4. The number of aliphatic imine (C=N–C) groups is 1. The Kier molecular flexibility index (Phi) is 3.74. The van der Waals surface area contributed by atoms with Gasteiger partial charge in [-0.2, -0.15) is 0 Å². The molecule has 0 radical (unpaired) electrons. The normalized spacial score (nSPS) is 21.1. The third-order valence-corrected chi connectivity index (χ3v) is 2.93. The van der Waals surface area contributed by atoms with Gasteiger partial charge in [-0.15, -0.1) is 0 Å². The summed E-state index contributed by atoms with van der Waals surface area (Å²) in [6, 6.07) is 6.67. The number of nitrogens with zero attached hydrogens (tertiary/aromatic N) is 1. The van der Waals surface area contributed by atoms with Crippen molar-refractivity contribution in [3.05, 3.63) is 29.8 Å². The number of ether oxygens (including phenoxy) is 3. The summed E-state index contributed by atoms with van der Waals surface area (Å²) >= 11 is 0. The van der Waals surface area contributed by atoms with Gasteiger partial charge in [0.15, 0.2) is 5.90 Å². The van der Waals surface area contributed by atoms with Crippen LogP contribution < -0.4 is 4.74 Å². The van der Waals surface area contributed by atoms with Crippen LogP contribution in [-0.2, 0) is 24.6 Å². The maximum absolute atomic E-state index is 12.3. The summed E-state index contributed by atoms with van der Waals surface area (Å²) in [5, 5.41) is 0. The topological polar surface area (TPSA) is 74.2 Å². The Labute approximate surface area is 116 Å². The monoisotopic (exact) mass is 277 g/mol. The number of hydrogen-bond acceptors (Lipinski definition) is 6. The molecule has 20 heavy (non-hydrogen) atoms. The van der Waals surface area contributed by atoms with Crippen molar-refractivity contribution in [2.24, 2.45) is 4.99 Å². The molecular weight excluding hydrogens is 262 g/mol. The molecule has 0 amide bonds. The molecule has 0 saturated heterocycles. The molecule has 0 bridgehead atoms. The van der Waals surface area contributed by atoms with Crippen molar-refractivity contribution in [2.75, 3.05) is 13.7 Å². The Morgan fingerprint density at radius 2 is 2.10 bits per heavy atom. The molecule has 106 valence electrons. The van der Waals surface area contributed by atoms with Gasteiger partial charge in [0.2, 0.25) is 0 Å². The fraction of sp³-hybridized carbons (Fsp3) is 0.357. The molecule has 0 aliphatic carbocycles. The Morgan fingerprint density at radius 1 is 1.40 bits per heavy atom. The summed E-state index contributed by atoms with van der Waals surface area (Å²) in [5.74, 6) is -1.06. The standard InChI is InChI=1S/C14H15NO5/c1-4-19-12(16)14(13(17)20-9(2)15-14)10-7-5-6-8-11(10)18-3/h5-8H,4H2,1-3H3. The Balaban J connectivity index is 2.64. The van der Waals surface area contributed by atoms with E-state index in [-0.39, 0.29) is 12.5 Å². The van der Waals surface area contributed by atoms with Gasteiger partial charge in [0.05, 0.1) is 13.7 Å². The summed E-state index contributed by atoms with van der Waals surface area (Å²) in [5.41, 5.74) is -1.53. The van der Waals surface area contributed by atoms with Crippen molar-refractivity contribution in [1.29, 1.82) is 0 Å². The number of methoxy groups -OCH3 is 1. The molecule has 0 fully saturated rings. The van der Waals surface area contributed by atoms with Crippen molar-refractivity contribution >= 4 is 17.8 Å². The van der Waals surface area contributed by atoms with E-state index in [0.29, 0.717) is 11.3 Å². The summed E-state index contributed by atoms with van der Waals surface area (Å²) < 4.78 is 15.2. The van der Waals surface area contributed by atoms with E-state index in [1.54, 1.807) is 31.2 Å². The minimum absolute atomic E-state index is 0.119. The SMILES string of the molecule is CCOC(=O)C1(c2ccccc2OC)N=C(C)OC1=O. The van der Waals surface area contributed by atoms with Gasteiger partial charge in [-0.3, -0.25) is 0 Å². The lowest BCUT2D eigenvalue weighted by Crippen LogP contribution is -2.41.